The molecule has 0 N–H and O–H groups in total. The number of nitrogens with zero attached hydrogens (tertiary/aromatic N) is 6. The van der Waals surface area contributed by atoms with Gasteiger partial charge in [-0.3, -0.25) is 9.48 Å². The Kier molecular flexibility index (Phi) is 6.39. The molecule has 2 aromatic heterocycles. The summed E-state index contributed by atoms with van der Waals surface area (Å²) in [5.41, 5.74) is 3.03. The molecule has 2 atom stereocenters. The summed E-state index contributed by atoms with van der Waals surface area (Å²) in [6.07, 6.45) is 12.2. The second kappa shape index (κ2) is 9.57. The summed E-state index contributed by atoms with van der Waals surface area (Å²) in [7, 11) is 1.96. The molecule has 5 heterocycles. The van der Waals surface area contributed by atoms with Gasteiger partial charge in [-0.2, -0.15) is 5.10 Å². The van der Waals surface area contributed by atoms with Crippen molar-refractivity contribution in [2.75, 3.05) is 37.7 Å². The number of anilines is 1. The van der Waals surface area contributed by atoms with Crippen LogP contribution in [0.25, 0.3) is 11.3 Å². The number of rotatable bonds is 5. The largest absolute Gasteiger partial charge is 0.378 e. The standard InChI is InChI=1S/C24H34N6O2/c1-28-17-20(21-9-10-25-24(26-21)29-11-3-4-12-29)23(27-28)18-7-6-13-30(16-18)22(31)15-19-8-2-5-14-32-19/h9-10,17-19H,2-8,11-16H2,1H3/t18-,19+/m0/s1. The molecule has 0 spiro atoms. The molecule has 5 rings (SSSR count). The molecule has 0 aliphatic carbocycles. The van der Waals surface area contributed by atoms with E-state index in [0.29, 0.717) is 6.42 Å². The first-order chi connectivity index (χ1) is 15.7. The molecule has 32 heavy (non-hydrogen) atoms. The fourth-order valence-electron chi connectivity index (χ4n) is 5.29. The zero-order valence-corrected chi connectivity index (χ0v) is 19.1. The molecule has 8 heteroatoms. The monoisotopic (exact) mass is 438 g/mol. The Morgan fingerprint density at radius 1 is 1.12 bits per heavy atom. The fourth-order valence-corrected chi connectivity index (χ4v) is 5.29. The Morgan fingerprint density at radius 2 is 2.00 bits per heavy atom. The maximum Gasteiger partial charge on any atom is 0.225 e. The molecule has 3 saturated heterocycles. The Balaban J connectivity index is 1.33. The zero-order chi connectivity index (χ0) is 21.9. The van der Waals surface area contributed by atoms with E-state index in [9.17, 15) is 4.79 Å². The van der Waals surface area contributed by atoms with Gasteiger partial charge in [-0.25, -0.2) is 9.97 Å². The number of carbonyl (C=O) groups is 1. The molecule has 0 radical (unpaired) electrons. The summed E-state index contributed by atoms with van der Waals surface area (Å²) < 4.78 is 7.68. The highest BCUT2D eigenvalue weighted by Crippen LogP contribution is 2.34. The number of amides is 1. The van der Waals surface area contributed by atoms with Gasteiger partial charge in [-0.1, -0.05) is 0 Å². The predicted molar refractivity (Wildman–Crippen MR) is 122 cm³/mol. The van der Waals surface area contributed by atoms with Crippen molar-refractivity contribution in [3.05, 3.63) is 24.2 Å². The van der Waals surface area contributed by atoms with Gasteiger partial charge in [-0.15, -0.1) is 0 Å². The van der Waals surface area contributed by atoms with Crippen LogP contribution in [0.5, 0.6) is 0 Å². The topological polar surface area (TPSA) is 76.4 Å². The van der Waals surface area contributed by atoms with Crippen LogP contribution in [0.3, 0.4) is 0 Å². The average molecular weight is 439 g/mol. The Bertz CT molecular complexity index is 932. The van der Waals surface area contributed by atoms with Gasteiger partial charge in [0.15, 0.2) is 0 Å². The third-order valence-electron chi connectivity index (χ3n) is 7.00. The highest BCUT2D eigenvalue weighted by Gasteiger charge is 2.30. The lowest BCUT2D eigenvalue weighted by atomic mass is 9.91. The third kappa shape index (κ3) is 4.65. The smallest absolute Gasteiger partial charge is 0.225 e. The second-order valence-electron chi connectivity index (χ2n) is 9.41. The molecule has 0 saturated carbocycles. The van der Waals surface area contributed by atoms with E-state index in [2.05, 4.69) is 16.1 Å². The molecule has 2 aromatic rings. The van der Waals surface area contributed by atoms with Crippen LogP contribution < -0.4 is 4.90 Å². The van der Waals surface area contributed by atoms with Crippen LogP contribution >= 0.6 is 0 Å². The minimum absolute atomic E-state index is 0.0899. The van der Waals surface area contributed by atoms with E-state index in [1.807, 2.05) is 28.9 Å². The van der Waals surface area contributed by atoms with E-state index in [0.717, 1.165) is 87.8 Å². The Labute approximate surface area is 190 Å². The summed E-state index contributed by atoms with van der Waals surface area (Å²) in [5, 5.41) is 4.83. The van der Waals surface area contributed by atoms with E-state index in [1.165, 1.54) is 12.8 Å². The maximum absolute atomic E-state index is 13.0. The summed E-state index contributed by atoms with van der Waals surface area (Å²) in [6, 6.07) is 1.98. The minimum Gasteiger partial charge on any atom is -0.378 e. The number of hydrogen-bond acceptors (Lipinski definition) is 6. The van der Waals surface area contributed by atoms with Crippen LogP contribution in [0.1, 0.15) is 63.0 Å². The molecule has 0 bridgehead atoms. The summed E-state index contributed by atoms with van der Waals surface area (Å²) in [5.74, 6) is 1.25. The lowest BCUT2D eigenvalue weighted by Crippen LogP contribution is -2.41. The highest BCUT2D eigenvalue weighted by molar-refractivity contribution is 5.77. The summed E-state index contributed by atoms with van der Waals surface area (Å²) in [6.45, 7) is 4.38. The van der Waals surface area contributed by atoms with Crippen LogP contribution in [0, 0.1) is 0 Å². The first-order valence-corrected chi connectivity index (χ1v) is 12.2. The molecule has 3 aliphatic heterocycles. The zero-order valence-electron chi connectivity index (χ0n) is 19.1. The molecule has 172 valence electrons. The van der Waals surface area contributed by atoms with Gasteiger partial charge in [0.25, 0.3) is 0 Å². The molecule has 0 unspecified atom stereocenters. The average Bonchev–Trinajstić information content (AvgIpc) is 3.50. The van der Waals surface area contributed by atoms with Crippen molar-refractivity contribution < 1.29 is 9.53 Å². The van der Waals surface area contributed by atoms with Gasteiger partial charge in [0.1, 0.15) is 0 Å². The summed E-state index contributed by atoms with van der Waals surface area (Å²) in [4.78, 5) is 26.7. The number of piperidine rings is 1. The van der Waals surface area contributed by atoms with Crippen molar-refractivity contribution in [2.24, 2.45) is 7.05 Å². The number of likely N-dealkylation sites (tertiary alicyclic amines) is 1. The molecule has 1 amide bonds. The molecular formula is C24H34N6O2. The number of hydrogen-bond donors (Lipinski definition) is 0. The minimum atomic E-state index is 0.0899. The molecule has 3 aliphatic rings. The van der Waals surface area contributed by atoms with Gasteiger partial charge in [0, 0.05) is 63.7 Å². The van der Waals surface area contributed by atoms with E-state index in [4.69, 9.17) is 14.8 Å². The van der Waals surface area contributed by atoms with Gasteiger partial charge >= 0.3 is 0 Å². The van der Waals surface area contributed by atoms with E-state index in [1.54, 1.807) is 0 Å². The number of aryl methyl sites for hydroxylation is 1. The first-order valence-electron chi connectivity index (χ1n) is 12.2. The number of aromatic nitrogens is 4. The van der Waals surface area contributed by atoms with Crippen LogP contribution in [0.4, 0.5) is 5.95 Å². The van der Waals surface area contributed by atoms with Crippen molar-refractivity contribution in [2.45, 2.75) is 63.4 Å². The van der Waals surface area contributed by atoms with Crippen molar-refractivity contribution in [3.8, 4) is 11.3 Å². The van der Waals surface area contributed by atoms with E-state index in [-0.39, 0.29) is 17.9 Å². The van der Waals surface area contributed by atoms with Crippen molar-refractivity contribution in [1.29, 1.82) is 0 Å². The third-order valence-corrected chi connectivity index (χ3v) is 7.00. The normalized spacial score (nSPS) is 24.2. The summed E-state index contributed by atoms with van der Waals surface area (Å²) >= 11 is 0. The lowest BCUT2D eigenvalue weighted by molar-refractivity contribution is -0.136. The van der Waals surface area contributed by atoms with Gasteiger partial charge in [-0.05, 0) is 51.0 Å². The van der Waals surface area contributed by atoms with Gasteiger partial charge in [0.05, 0.1) is 23.9 Å². The van der Waals surface area contributed by atoms with Crippen LogP contribution in [0.2, 0.25) is 0 Å². The molecular weight excluding hydrogens is 404 g/mol. The maximum atomic E-state index is 13.0. The van der Waals surface area contributed by atoms with Crippen LogP contribution in [-0.2, 0) is 16.6 Å². The Hall–Kier alpha value is -2.48. The predicted octanol–water partition coefficient (Wildman–Crippen LogP) is 3.14. The fraction of sp³-hybridized carbons (Fsp3) is 0.667. The molecule has 3 fully saturated rings. The quantitative estimate of drug-likeness (QED) is 0.714. The van der Waals surface area contributed by atoms with E-state index >= 15 is 0 Å². The van der Waals surface area contributed by atoms with E-state index < -0.39 is 0 Å². The van der Waals surface area contributed by atoms with Crippen molar-refractivity contribution >= 4 is 11.9 Å². The van der Waals surface area contributed by atoms with Crippen LogP contribution in [-0.4, -0.2) is 69.4 Å². The second-order valence-corrected chi connectivity index (χ2v) is 9.41. The van der Waals surface area contributed by atoms with Gasteiger partial charge in [0.2, 0.25) is 11.9 Å². The van der Waals surface area contributed by atoms with Crippen LogP contribution in [0.15, 0.2) is 18.5 Å². The van der Waals surface area contributed by atoms with Gasteiger partial charge < -0.3 is 14.5 Å². The lowest BCUT2D eigenvalue weighted by Gasteiger charge is -2.34. The first kappa shape index (κ1) is 21.4. The molecule has 0 aromatic carbocycles. The SMILES string of the molecule is Cn1cc(-c2ccnc(N3CCCC3)n2)c([C@H]2CCCN(C(=O)C[C@H]3CCCCO3)C2)n1. The number of carbonyl (C=O) groups excluding carboxylic acids is 1. The molecule has 8 nitrogen and oxygen atoms in total. The highest BCUT2D eigenvalue weighted by atomic mass is 16.5. The Morgan fingerprint density at radius 3 is 2.81 bits per heavy atom. The van der Waals surface area contributed by atoms with Crippen molar-refractivity contribution in [3.63, 3.8) is 0 Å². The van der Waals surface area contributed by atoms with Crippen molar-refractivity contribution in [1.82, 2.24) is 24.6 Å². The number of ether oxygens (including phenoxy) is 1.